The summed E-state index contributed by atoms with van der Waals surface area (Å²) in [4.78, 5) is 2.83. The molecule has 2 heterocycles. The topological polar surface area (TPSA) is 21.3 Å². The molecule has 1 aromatic heterocycles. The van der Waals surface area contributed by atoms with E-state index in [0.717, 1.165) is 31.7 Å². The van der Waals surface area contributed by atoms with Crippen molar-refractivity contribution >= 4 is 11.3 Å². The SMILES string of the molecule is CCCNC(c1ccc2c(c1)CCO2)c1sc(C)cc1C. The zero-order chi connectivity index (χ0) is 14.8. The van der Waals surface area contributed by atoms with E-state index in [1.54, 1.807) is 0 Å². The maximum atomic E-state index is 5.63. The first-order chi connectivity index (χ1) is 10.2. The molecule has 0 amide bonds. The van der Waals surface area contributed by atoms with Crippen LogP contribution >= 0.6 is 11.3 Å². The summed E-state index contributed by atoms with van der Waals surface area (Å²) in [6, 6.07) is 9.26. The molecule has 1 aromatic carbocycles. The Labute approximate surface area is 131 Å². The number of ether oxygens (including phenoxy) is 1. The number of fused-ring (bicyclic) bond motifs is 1. The number of rotatable bonds is 5. The van der Waals surface area contributed by atoms with Crippen molar-refractivity contribution in [3.8, 4) is 5.75 Å². The van der Waals surface area contributed by atoms with Gasteiger partial charge in [0.2, 0.25) is 0 Å². The minimum atomic E-state index is 0.301. The summed E-state index contributed by atoms with van der Waals surface area (Å²) < 4.78 is 5.63. The van der Waals surface area contributed by atoms with Crippen LogP contribution in [0.5, 0.6) is 5.75 Å². The molecule has 0 fully saturated rings. The van der Waals surface area contributed by atoms with Crippen molar-refractivity contribution in [2.24, 2.45) is 0 Å². The number of nitrogens with one attached hydrogen (secondary N) is 1. The van der Waals surface area contributed by atoms with Gasteiger partial charge in [0.25, 0.3) is 0 Å². The third kappa shape index (κ3) is 2.99. The molecule has 0 spiro atoms. The summed E-state index contributed by atoms with van der Waals surface area (Å²) >= 11 is 1.91. The second-order valence-corrected chi connectivity index (χ2v) is 7.04. The maximum absolute atomic E-state index is 5.63. The van der Waals surface area contributed by atoms with Crippen LogP contribution in [-0.4, -0.2) is 13.2 Å². The van der Waals surface area contributed by atoms with Gasteiger partial charge in [0.15, 0.2) is 0 Å². The summed E-state index contributed by atoms with van der Waals surface area (Å²) in [6.07, 6.45) is 2.18. The van der Waals surface area contributed by atoms with Gasteiger partial charge in [-0.05, 0) is 55.6 Å². The van der Waals surface area contributed by atoms with E-state index in [9.17, 15) is 0 Å². The van der Waals surface area contributed by atoms with Crippen molar-refractivity contribution in [1.29, 1.82) is 0 Å². The Morgan fingerprint density at radius 2 is 2.14 bits per heavy atom. The summed E-state index contributed by atoms with van der Waals surface area (Å²) in [6.45, 7) is 8.48. The number of thiophene rings is 1. The van der Waals surface area contributed by atoms with Gasteiger partial charge in [-0.2, -0.15) is 0 Å². The third-order valence-corrected chi connectivity index (χ3v) is 5.20. The lowest BCUT2D eigenvalue weighted by atomic mass is 9.99. The smallest absolute Gasteiger partial charge is 0.122 e. The molecule has 21 heavy (non-hydrogen) atoms. The van der Waals surface area contributed by atoms with Gasteiger partial charge in [0.1, 0.15) is 5.75 Å². The van der Waals surface area contributed by atoms with Crippen LogP contribution in [0, 0.1) is 13.8 Å². The average Bonchev–Trinajstić information content (AvgIpc) is 3.05. The van der Waals surface area contributed by atoms with E-state index in [0.29, 0.717) is 6.04 Å². The molecule has 2 aromatic rings. The van der Waals surface area contributed by atoms with Gasteiger partial charge < -0.3 is 10.1 Å². The number of benzene rings is 1. The minimum absolute atomic E-state index is 0.301. The van der Waals surface area contributed by atoms with Crippen LogP contribution in [0.25, 0.3) is 0 Å². The molecule has 112 valence electrons. The molecule has 1 aliphatic rings. The number of hydrogen-bond acceptors (Lipinski definition) is 3. The lowest BCUT2D eigenvalue weighted by Crippen LogP contribution is -2.23. The van der Waals surface area contributed by atoms with Gasteiger partial charge in [-0.1, -0.05) is 19.1 Å². The van der Waals surface area contributed by atoms with Crippen LogP contribution in [-0.2, 0) is 6.42 Å². The monoisotopic (exact) mass is 301 g/mol. The van der Waals surface area contributed by atoms with Crippen LogP contribution < -0.4 is 10.1 Å². The van der Waals surface area contributed by atoms with Crippen LogP contribution in [0.3, 0.4) is 0 Å². The number of hydrogen-bond donors (Lipinski definition) is 1. The van der Waals surface area contributed by atoms with Gasteiger partial charge >= 0.3 is 0 Å². The van der Waals surface area contributed by atoms with E-state index in [1.807, 2.05) is 11.3 Å². The molecule has 3 heteroatoms. The summed E-state index contributed by atoms with van der Waals surface area (Å²) in [7, 11) is 0. The van der Waals surface area contributed by atoms with Crippen molar-refractivity contribution < 1.29 is 4.74 Å². The molecule has 1 aliphatic heterocycles. The fraction of sp³-hybridized carbons (Fsp3) is 0.444. The second kappa shape index (κ2) is 6.20. The maximum Gasteiger partial charge on any atom is 0.122 e. The molecule has 0 saturated carbocycles. The molecule has 0 saturated heterocycles. The highest BCUT2D eigenvalue weighted by atomic mass is 32.1. The Morgan fingerprint density at radius 3 is 2.86 bits per heavy atom. The molecule has 1 unspecified atom stereocenters. The Bertz CT molecular complexity index is 632. The summed E-state index contributed by atoms with van der Waals surface area (Å²) in [5.74, 6) is 1.06. The van der Waals surface area contributed by atoms with Crippen LogP contribution in [0.15, 0.2) is 24.3 Å². The van der Waals surface area contributed by atoms with Gasteiger partial charge in [-0.3, -0.25) is 0 Å². The predicted molar refractivity (Wildman–Crippen MR) is 89.6 cm³/mol. The second-order valence-electron chi connectivity index (χ2n) is 5.76. The fourth-order valence-electron chi connectivity index (χ4n) is 2.98. The van der Waals surface area contributed by atoms with E-state index in [4.69, 9.17) is 4.74 Å². The molecule has 1 N–H and O–H groups in total. The largest absolute Gasteiger partial charge is 0.493 e. The highest BCUT2D eigenvalue weighted by Gasteiger charge is 2.20. The van der Waals surface area contributed by atoms with Gasteiger partial charge in [-0.15, -0.1) is 11.3 Å². The molecular weight excluding hydrogens is 278 g/mol. The zero-order valence-electron chi connectivity index (χ0n) is 13.0. The van der Waals surface area contributed by atoms with Crippen molar-refractivity contribution in [2.75, 3.05) is 13.2 Å². The highest BCUT2D eigenvalue weighted by molar-refractivity contribution is 7.12. The molecule has 3 rings (SSSR count). The summed E-state index contributed by atoms with van der Waals surface area (Å²) in [5, 5.41) is 3.72. The first kappa shape index (κ1) is 14.6. The quantitative estimate of drug-likeness (QED) is 0.884. The van der Waals surface area contributed by atoms with Gasteiger partial charge in [0, 0.05) is 16.2 Å². The van der Waals surface area contributed by atoms with E-state index < -0.39 is 0 Å². The lowest BCUT2D eigenvalue weighted by molar-refractivity contribution is 0.357. The van der Waals surface area contributed by atoms with Gasteiger partial charge in [0.05, 0.1) is 12.6 Å². The molecule has 1 atom stereocenters. The Hall–Kier alpha value is -1.32. The van der Waals surface area contributed by atoms with Crippen LogP contribution in [0.4, 0.5) is 0 Å². The Kier molecular flexibility index (Phi) is 4.32. The van der Waals surface area contributed by atoms with Crippen molar-refractivity contribution in [3.63, 3.8) is 0 Å². The fourth-order valence-corrected chi connectivity index (χ4v) is 4.12. The normalized spacial score (nSPS) is 14.8. The van der Waals surface area contributed by atoms with Crippen molar-refractivity contribution in [1.82, 2.24) is 5.32 Å². The van der Waals surface area contributed by atoms with E-state index >= 15 is 0 Å². The van der Waals surface area contributed by atoms with E-state index in [1.165, 1.54) is 26.4 Å². The standard InChI is InChI=1S/C18H23NOS/c1-4-8-19-17(18-12(2)10-13(3)21-18)15-5-6-16-14(11-15)7-9-20-16/h5-6,10-11,17,19H,4,7-9H2,1-3H3. The third-order valence-electron chi connectivity index (χ3n) is 3.99. The Morgan fingerprint density at radius 1 is 1.29 bits per heavy atom. The summed E-state index contributed by atoms with van der Waals surface area (Å²) in [5.41, 5.74) is 4.10. The van der Waals surface area contributed by atoms with Crippen molar-refractivity contribution in [3.05, 3.63) is 50.7 Å². The first-order valence-electron chi connectivity index (χ1n) is 7.75. The Balaban J connectivity index is 1.97. The molecule has 0 bridgehead atoms. The minimum Gasteiger partial charge on any atom is -0.493 e. The van der Waals surface area contributed by atoms with Crippen LogP contribution in [0.2, 0.25) is 0 Å². The molecule has 2 nitrogen and oxygen atoms in total. The zero-order valence-corrected chi connectivity index (χ0v) is 13.8. The molecular formula is C18H23NOS. The van der Waals surface area contributed by atoms with Crippen LogP contribution in [0.1, 0.15) is 45.8 Å². The average molecular weight is 301 g/mol. The van der Waals surface area contributed by atoms with Crippen molar-refractivity contribution in [2.45, 2.75) is 39.7 Å². The lowest BCUT2D eigenvalue weighted by Gasteiger charge is -2.19. The number of aryl methyl sites for hydroxylation is 2. The van der Waals surface area contributed by atoms with Gasteiger partial charge in [-0.25, -0.2) is 0 Å². The van der Waals surface area contributed by atoms with E-state index in [2.05, 4.69) is 50.4 Å². The molecule has 0 aliphatic carbocycles. The molecule has 0 radical (unpaired) electrons. The highest BCUT2D eigenvalue weighted by Crippen LogP contribution is 2.35. The predicted octanol–water partition coefficient (Wildman–Crippen LogP) is 4.39. The van der Waals surface area contributed by atoms with E-state index in [-0.39, 0.29) is 0 Å². The first-order valence-corrected chi connectivity index (χ1v) is 8.56.